The van der Waals surface area contributed by atoms with Crippen LogP contribution in [0.5, 0.6) is 0 Å². The van der Waals surface area contributed by atoms with Crippen molar-refractivity contribution in [3.8, 4) is 5.69 Å². The number of carbonyl (C=O) groups excluding carboxylic acids is 1. The summed E-state index contributed by atoms with van der Waals surface area (Å²) in [6.45, 7) is 1.99. The average molecular weight is 360 g/mol. The number of fused-ring (bicyclic) bond motifs is 1. The van der Waals surface area contributed by atoms with Crippen molar-refractivity contribution < 1.29 is 9.32 Å². The molecule has 7 heteroatoms. The second kappa shape index (κ2) is 6.87. The zero-order valence-corrected chi connectivity index (χ0v) is 14.5. The molecule has 2 aromatic carbocycles. The van der Waals surface area contributed by atoms with E-state index in [1.54, 1.807) is 49.4 Å². The van der Waals surface area contributed by atoms with Crippen molar-refractivity contribution >= 4 is 16.7 Å². The standard InChI is InChI=1S/C20H16N4O3/c1-13-11-15(27-23-13)12-21-19(25)18-16-9-5-6-10-17(16)20(26)24(22-18)14-7-3-2-4-8-14/h2-11H,12H2,1H3,(H,21,25). The van der Waals surface area contributed by atoms with Crippen LogP contribution < -0.4 is 10.9 Å². The Bertz CT molecular complexity index is 1180. The van der Waals surface area contributed by atoms with Crippen molar-refractivity contribution in [1.82, 2.24) is 20.3 Å². The molecule has 1 amide bonds. The Balaban J connectivity index is 1.78. The SMILES string of the molecule is Cc1cc(CNC(=O)c2nn(-c3ccccc3)c(=O)c3ccccc23)on1. The Morgan fingerprint density at radius 3 is 2.48 bits per heavy atom. The van der Waals surface area contributed by atoms with Gasteiger partial charge in [-0.25, -0.2) is 0 Å². The van der Waals surface area contributed by atoms with E-state index in [9.17, 15) is 9.59 Å². The Morgan fingerprint density at radius 1 is 1.07 bits per heavy atom. The molecule has 1 N–H and O–H groups in total. The van der Waals surface area contributed by atoms with E-state index in [-0.39, 0.29) is 17.8 Å². The van der Waals surface area contributed by atoms with E-state index in [1.165, 1.54) is 4.68 Å². The lowest BCUT2D eigenvalue weighted by atomic mass is 10.1. The number of amides is 1. The molecule has 0 unspecified atom stereocenters. The van der Waals surface area contributed by atoms with Gasteiger partial charge in [0.05, 0.1) is 23.3 Å². The van der Waals surface area contributed by atoms with Gasteiger partial charge in [-0.05, 0) is 25.1 Å². The first-order valence-corrected chi connectivity index (χ1v) is 8.41. The summed E-state index contributed by atoms with van der Waals surface area (Å²) in [5.74, 6) is 0.145. The molecule has 2 heterocycles. The minimum absolute atomic E-state index is 0.172. The molecule has 2 aromatic heterocycles. The molecule has 4 rings (SSSR count). The van der Waals surface area contributed by atoms with E-state index in [4.69, 9.17) is 4.52 Å². The van der Waals surface area contributed by atoms with Gasteiger partial charge in [0.25, 0.3) is 11.5 Å². The highest BCUT2D eigenvalue weighted by atomic mass is 16.5. The number of rotatable bonds is 4. The fraction of sp³-hybridized carbons (Fsp3) is 0.100. The first kappa shape index (κ1) is 16.7. The number of hydrogen-bond acceptors (Lipinski definition) is 5. The summed E-state index contributed by atoms with van der Waals surface area (Å²) in [7, 11) is 0. The number of aryl methyl sites for hydroxylation is 1. The van der Waals surface area contributed by atoms with E-state index >= 15 is 0 Å². The van der Waals surface area contributed by atoms with Crippen LogP contribution in [0.2, 0.25) is 0 Å². The lowest BCUT2D eigenvalue weighted by molar-refractivity contribution is 0.0942. The summed E-state index contributed by atoms with van der Waals surface area (Å²) in [5, 5.41) is 11.8. The second-order valence-corrected chi connectivity index (χ2v) is 6.06. The van der Waals surface area contributed by atoms with Crippen LogP contribution in [0.3, 0.4) is 0 Å². The van der Waals surface area contributed by atoms with Crippen molar-refractivity contribution in [2.24, 2.45) is 0 Å². The number of carbonyl (C=O) groups is 1. The molecule has 0 saturated heterocycles. The van der Waals surface area contributed by atoms with Crippen LogP contribution >= 0.6 is 0 Å². The largest absolute Gasteiger partial charge is 0.359 e. The summed E-state index contributed by atoms with van der Waals surface area (Å²) >= 11 is 0. The Morgan fingerprint density at radius 2 is 1.78 bits per heavy atom. The molecule has 0 fully saturated rings. The van der Waals surface area contributed by atoms with Gasteiger partial charge in [-0.1, -0.05) is 41.6 Å². The third-order valence-electron chi connectivity index (χ3n) is 4.12. The summed E-state index contributed by atoms with van der Waals surface area (Å²) in [5.41, 5.74) is 1.22. The topological polar surface area (TPSA) is 90.0 Å². The summed E-state index contributed by atoms with van der Waals surface area (Å²) in [6.07, 6.45) is 0. The van der Waals surface area contributed by atoms with Crippen LogP contribution in [-0.4, -0.2) is 20.8 Å². The highest BCUT2D eigenvalue weighted by molar-refractivity contribution is 6.04. The highest BCUT2D eigenvalue weighted by Crippen LogP contribution is 2.15. The van der Waals surface area contributed by atoms with E-state index < -0.39 is 5.91 Å². The van der Waals surface area contributed by atoms with E-state index in [2.05, 4.69) is 15.6 Å². The molecule has 0 radical (unpaired) electrons. The first-order valence-electron chi connectivity index (χ1n) is 8.41. The van der Waals surface area contributed by atoms with Crippen molar-refractivity contribution in [2.45, 2.75) is 13.5 Å². The maximum Gasteiger partial charge on any atom is 0.279 e. The van der Waals surface area contributed by atoms with Crippen molar-refractivity contribution in [3.63, 3.8) is 0 Å². The van der Waals surface area contributed by atoms with E-state index in [0.717, 1.165) is 5.69 Å². The number of nitrogens with zero attached hydrogens (tertiary/aromatic N) is 3. The Kier molecular flexibility index (Phi) is 4.25. The third-order valence-corrected chi connectivity index (χ3v) is 4.12. The molecule has 4 aromatic rings. The molecular formula is C20H16N4O3. The van der Waals surface area contributed by atoms with Gasteiger partial charge in [0.1, 0.15) is 0 Å². The summed E-state index contributed by atoms with van der Waals surface area (Å²) in [4.78, 5) is 25.6. The molecule has 0 aliphatic rings. The van der Waals surface area contributed by atoms with Gasteiger partial charge in [-0.15, -0.1) is 0 Å². The van der Waals surface area contributed by atoms with Crippen molar-refractivity contribution in [2.75, 3.05) is 0 Å². The van der Waals surface area contributed by atoms with E-state index in [0.29, 0.717) is 22.2 Å². The molecule has 7 nitrogen and oxygen atoms in total. The minimum atomic E-state index is -0.398. The zero-order valence-electron chi connectivity index (χ0n) is 14.5. The highest BCUT2D eigenvalue weighted by Gasteiger charge is 2.17. The molecule has 0 aliphatic heterocycles. The number of para-hydroxylation sites is 1. The number of nitrogens with one attached hydrogen (secondary N) is 1. The molecular weight excluding hydrogens is 344 g/mol. The fourth-order valence-electron chi connectivity index (χ4n) is 2.85. The molecule has 134 valence electrons. The maximum atomic E-state index is 12.8. The van der Waals surface area contributed by atoms with Gasteiger partial charge in [-0.3, -0.25) is 9.59 Å². The maximum absolute atomic E-state index is 12.8. The van der Waals surface area contributed by atoms with Crippen LogP contribution in [0.25, 0.3) is 16.5 Å². The monoisotopic (exact) mass is 360 g/mol. The number of benzene rings is 2. The predicted molar refractivity (Wildman–Crippen MR) is 99.8 cm³/mol. The minimum Gasteiger partial charge on any atom is -0.359 e. The predicted octanol–water partition coefficient (Wildman–Crippen LogP) is 2.61. The molecule has 27 heavy (non-hydrogen) atoms. The van der Waals surface area contributed by atoms with Crippen LogP contribution in [-0.2, 0) is 6.54 Å². The van der Waals surface area contributed by atoms with Crippen LogP contribution in [0, 0.1) is 6.92 Å². The lowest BCUT2D eigenvalue weighted by Gasteiger charge is -2.11. The van der Waals surface area contributed by atoms with Crippen molar-refractivity contribution in [3.05, 3.63) is 88.2 Å². The molecule has 0 aliphatic carbocycles. The van der Waals surface area contributed by atoms with Crippen molar-refractivity contribution in [1.29, 1.82) is 0 Å². The molecule has 0 saturated carbocycles. The fourth-order valence-corrected chi connectivity index (χ4v) is 2.85. The Labute approximate surface area is 154 Å². The number of aromatic nitrogens is 3. The van der Waals surface area contributed by atoms with Gasteiger partial charge in [0, 0.05) is 11.5 Å². The number of hydrogen-bond donors (Lipinski definition) is 1. The van der Waals surface area contributed by atoms with Gasteiger partial charge < -0.3 is 9.84 Å². The zero-order chi connectivity index (χ0) is 18.8. The van der Waals surface area contributed by atoms with Crippen LogP contribution in [0.1, 0.15) is 21.9 Å². The quantitative estimate of drug-likeness (QED) is 0.604. The van der Waals surface area contributed by atoms with Crippen LogP contribution in [0.15, 0.2) is 70.0 Å². The van der Waals surface area contributed by atoms with Gasteiger partial charge >= 0.3 is 0 Å². The molecule has 0 bridgehead atoms. The Hall–Kier alpha value is -3.74. The first-order chi connectivity index (χ1) is 13.1. The normalized spacial score (nSPS) is 10.9. The van der Waals surface area contributed by atoms with Gasteiger partial charge in [-0.2, -0.15) is 9.78 Å². The third kappa shape index (κ3) is 3.22. The van der Waals surface area contributed by atoms with Gasteiger partial charge in [0.15, 0.2) is 11.5 Å². The molecule has 0 atom stereocenters. The van der Waals surface area contributed by atoms with E-state index in [1.807, 2.05) is 18.2 Å². The van der Waals surface area contributed by atoms with Gasteiger partial charge in [0.2, 0.25) is 0 Å². The summed E-state index contributed by atoms with van der Waals surface area (Å²) < 4.78 is 6.36. The molecule has 0 spiro atoms. The van der Waals surface area contributed by atoms with Crippen LogP contribution in [0.4, 0.5) is 0 Å². The lowest BCUT2D eigenvalue weighted by Crippen LogP contribution is -2.29. The summed E-state index contributed by atoms with van der Waals surface area (Å²) in [6, 6.07) is 17.7. The average Bonchev–Trinajstić information content (AvgIpc) is 3.12. The second-order valence-electron chi connectivity index (χ2n) is 6.06. The smallest absolute Gasteiger partial charge is 0.279 e.